The topological polar surface area (TPSA) is 65.6 Å². The van der Waals surface area contributed by atoms with E-state index in [1.807, 2.05) is 0 Å². The Kier molecular flexibility index (Phi) is 3.74. The first-order chi connectivity index (χ1) is 10.6. The Labute approximate surface area is 132 Å². The molecule has 0 aliphatic heterocycles. The fourth-order valence-electron chi connectivity index (χ4n) is 4.49. The van der Waals surface area contributed by atoms with Gasteiger partial charge in [-0.25, -0.2) is 0 Å². The van der Waals surface area contributed by atoms with Gasteiger partial charge >= 0.3 is 0 Å². The molecule has 0 amide bonds. The van der Waals surface area contributed by atoms with Gasteiger partial charge in [-0.1, -0.05) is 32.8 Å². The highest BCUT2D eigenvalue weighted by atomic mass is 14.8. The first-order valence-corrected chi connectivity index (χ1v) is 8.41. The summed E-state index contributed by atoms with van der Waals surface area (Å²) in [5.74, 6) is 0. The van der Waals surface area contributed by atoms with E-state index >= 15 is 0 Å². The van der Waals surface area contributed by atoms with E-state index in [9.17, 15) is 5.26 Å². The monoisotopic (exact) mass is 295 g/mol. The number of fused-ring (bicyclic) bond motifs is 1. The van der Waals surface area contributed by atoms with E-state index in [0.29, 0.717) is 0 Å². The predicted molar refractivity (Wildman–Crippen MR) is 90.7 cm³/mol. The van der Waals surface area contributed by atoms with E-state index in [-0.39, 0.29) is 11.0 Å². The molecule has 1 heterocycles. The van der Waals surface area contributed by atoms with Crippen molar-refractivity contribution >= 4 is 10.9 Å². The van der Waals surface area contributed by atoms with E-state index in [4.69, 9.17) is 5.73 Å². The SMILES string of the molecule is CCC(N)(CC)C1(c2ccc3[nH]cc(C#N)c3c2)CCCC1. The Morgan fingerprint density at radius 2 is 1.95 bits per heavy atom. The number of nitrogens with zero attached hydrogens (tertiary/aromatic N) is 1. The highest BCUT2D eigenvalue weighted by molar-refractivity contribution is 5.86. The zero-order valence-electron chi connectivity index (χ0n) is 13.6. The lowest BCUT2D eigenvalue weighted by atomic mass is 9.62. The highest BCUT2D eigenvalue weighted by Crippen LogP contribution is 2.50. The number of nitriles is 1. The zero-order chi connectivity index (χ0) is 15.8. The van der Waals surface area contributed by atoms with Gasteiger partial charge in [-0.2, -0.15) is 5.26 Å². The summed E-state index contributed by atoms with van der Waals surface area (Å²) in [6.07, 6.45) is 8.57. The quantitative estimate of drug-likeness (QED) is 0.879. The van der Waals surface area contributed by atoms with Crippen molar-refractivity contribution in [2.75, 3.05) is 0 Å². The van der Waals surface area contributed by atoms with E-state index in [0.717, 1.165) is 42.1 Å². The summed E-state index contributed by atoms with van der Waals surface area (Å²) >= 11 is 0. The summed E-state index contributed by atoms with van der Waals surface area (Å²) in [4.78, 5) is 3.18. The minimum atomic E-state index is -0.166. The minimum Gasteiger partial charge on any atom is -0.360 e. The third-order valence-corrected chi connectivity index (χ3v) is 6.03. The summed E-state index contributed by atoms with van der Waals surface area (Å²) in [6, 6.07) is 8.82. The van der Waals surface area contributed by atoms with Gasteiger partial charge in [-0.05, 0) is 43.4 Å². The van der Waals surface area contributed by atoms with Crippen LogP contribution >= 0.6 is 0 Å². The lowest BCUT2D eigenvalue weighted by Crippen LogP contribution is -2.56. The second-order valence-corrected chi connectivity index (χ2v) is 6.73. The lowest BCUT2D eigenvalue weighted by Gasteiger charge is -2.46. The molecule has 1 fully saturated rings. The zero-order valence-corrected chi connectivity index (χ0v) is 13.6. The maximum Gasteiger partial charge on any atom is 0.101 e. The van der Waals surface area contributed by atoms with Gasteiger partial charge in [0.25, 0.3) is 0 Å². The molecule has 2 aromatic rings. The smallest absolute Gasteiger partial charge is 0.101 e. The molecule has 3 heteroatoms. The Morgan fingerprint density at radius 3 is 2.55 bits per heavy atom. The van der Waals surface area contributed by atoms with Crippen LogP contribution in [0.2, 0.25) is 0 Å². The van der Waals surface area contributed by atoms with Crippen LogP contribution in [0, 0.1) is 11.3 Å². The Hall–Kier alpha value is -1.79. The molecule has 3 N–H and O–H groups in total. The maximum absolute atomic E-state index is 9.30. The maximum atomic E-state index is 9.30. The van der Waals surface area contributed by atoms with Crippen LogP contribution in [0.5, 0.6) is 0 Å². The van der Waals surface area contributed by atoms with Crippen LogP contribution in [-0.4, -0.2) is 10.5 Å². The van der Waals surface area contributed by atoms with Crippen molar-refractivity contribution in [1.82, 2.24) is 4.98 Å². The van der Waals surface area contributed by atoms with Crippen LogP contribution in [-0.2, 0) is 5.41 Å². The summed E-state index contributed by atoms with van der Waals surface area (Å²) in [7, 11) is 0. The molecule has 0 radical (unpaired) electrons. The molecule has 0 bridgehead atoms. The summed E-state index contributed by atoms with van der Waals surface area (Å²) in [6.45, 7) is 4.41. The molecule has 3 nitrogen and oxygen atoms in total. The second-order valence-electron chi connectivity index (χ2n) is 6.73. The van der Waals surface area contributed by atoms with Crippen LogP contribution in [0.15, 0.2) is 24.4 Å². The van der Waals surface area contributed by atoms with Crippen molar-refractivity contribution in [2.45, 2.75) is 63.3 Å². The number of rotatable bonds is 4. The molecular formula is C19H25N3. The number of aromatic amines is 1. The predicted octanol–water partition coefficient (Wildman–Crippen LogP) is 4.37. The summed E-state index contributed by atoms with van der Waals surface area (Å²) in [5, 5.41) is 10.3. The second kappa shape index (κ2) is 5.44. The van der Waals surface area contributed by atoms with Gasteiger partial charge in [0.2, 0.25) is 0 Å². The standard InChI is InChI=1S/C19H25N3/c1-3-19(21,4-2)18(9-5-6-10-18)15-7-8-17-16(11-15)14(12-20)13-22-17/h7-8,11,13,22H,3-6,9-10,21H2,1-2H3. The van der Waals surface area contributed by atoms with Crippen molar-refractivity contribution < 1.29 is 0 Å². The van der Waals surface area contributed by atoms with Crippen LogP contribution in [0.1, 0.15) is 63.5 Å². The van der Waals surface area contributed by atoms with Crippen LogP contribution < -0.4 is 5.73 Å². The minimum absolute atomic E-state index is 0.0503. The van der Waals surface area contributed by atoms with Crippen LogP contribution in [0.4, 0.5) is 0 Å². The largest absolute Gasteiger partial charge is 0.360 e. The molecule has 3 rings (SSSR count). The van der Waals surface area contributed by atoms with Gasteiger partial charge in [0.1, 0.15) is 6.07 Å². The van der Waals surface area contributed by atoms with E-state index in [2.05, 4.69) is 43.1 Å². The Balaban J connectivity index is 2.19. The number of aromatic nitrogens is 1. The van der Waals surface area contributed by atoms with E-state index in [1.54, 1.807) is 6.20 Å². The average Bonchev–Trinajstić information content (AvgIpc) is 3.21. The molecule has 116 valence electrons. The number of nitrogens with one attached hydrogen (secondary N) is 1. The molecule has 1 aromatic heterocycles. The highest BCUT2D eigenvalue weighted by Gasteiger charge is 2.49. The van der Waals surface area contributed by atoms with Gasteiger partial charge in [-0.15, -0.1) is 0 Å². The third-order valence-electron chi connectivity index (χ3n) is 6.03. The van der Waals surface area contributed by atoms with Crippen molar-refractivity contribution in [3.05, 3.63) is 35.5 Å². The molecule has 22 heavy (non-hydrogen) atoms. The van der Waals surface area contributed by atoms with Crippen molar-refractivity contribution in [3.8, 4) is 6.07 Å². The van der Waals surface area contributed by atoms with Crippen LogP contribution in [0.25, 0.3) is 10.9 Å². The lowest BCUT2D eigenvalue weighted by molar-refractivity contribution is 0.202. The van der Waals surface area contributed by atoms with Crippen molar-refractivity contribution in [3.63, 3.8) is 0 Å². The molecule has 0 spiro atoms. The van der Waals surface area contributed by atoms with Gasteiger partial charge in [-0.3, -0.25) is 0 Å². The summed E-state index contributed by atoms with van der Waals surface area (Å²) < 4.78 is 0. The summed E-state index contributed by atoms with van der Waals surface area (Å²) in [5.41, 5.74) is 9.84. The number of hydrogen-bond acceptors (Lipinski definition) is 2. The van der Waals surface area contributed by atoms with Crippen molar-refractivity contribution in [2.24, 2.45) is 5.73 Å². The number of nitrogens with two attached hydrogens (primary N) is 1. The molecule has 0 atom stereocenters. The molecule has 1 aliphatic rings. The van der Waals surface area contributed by atoms with Gasteiger partial charge in [0.15, 0.2) is 0 Å². The molecule has 1 saturated carbocycles. The fraction of sp³-hybridized carbons (Fsp3) is 0.526. The molecular weight excluding hydrogens is 270 g/mol. The van der Waals surface area contributed by atoms with Gasteiger partial charge in [0.05, 0.1) is 5.56 Å². The van der Waals surface area contributed by atoms with Crippen molar-refractivity contribution in [1.29, 1.82) is 5.26 Å². The van der Waals surface area contributed by atoms with Crippen LogP contribution in [0.3, 0.4) is 0 Å². The molecule has 0 unspecified atom stereocenters. The number of hydrogen-bond donors (Lipinski definition) is 2. The van der Waals surface area contributed by atoms with E-state index < -0.39 is 0 Å². The average molecular weight is 295 g/mol. The first-order valence-electron chi connectivity index (χ1n) is 8.41. The molecule has 1 aliphatic carbocycles. The van der Waals surface area contributed by atoms with E-state index in [1.165, 1.54) is 18.4 Å². The molecule has 0 saturated heterocycles. The normalized spacial score (nSPS) is 17.7. The van der Waals surface area contributed by atoms with Gasteiger partial charge < -0.3 is 10.7 Å². The Bertz CT molecular complexity index is 710. The molecule has 1 aromatic carbocycles. The van der Waals surface area contributed by atoms with Gasteiger partial charge in [0, 0.05) is 28.1 Å². The first kappa shape index (κ1) is 15.1. The Morgan fingerprint density at radius 1 is 1.27 bits per heavy atom. The number of H-pyrrole nitrogens is 1. The third kappa shape index (κ3) is 1.98. The fourth-order valence-corrected chi connectivity index (χ4v) is 4.49. The number of benzene rings is 1.